The summed E-state index contributed by atoms with van der Waals surface area (Å²) in [6, 6.07) is 0. The van der Waals surface area contributed by atoms with Crippen molar-refractivity contribution >= 4 is 5.97 Å². The lowest BCUT2D eigenvalue weighted by atomic mass is 10.6. The fourth-order valence-corrected chi connectivity index (χ4v) is 0.555. The summed E-state index contributed by atoms with van der Waals surface area (Å²) in [6.45, 7) is 4.34. The molecule has 4 nitrogen and oxygen atoms in total. The van der Waals surface area contributed by atoms with Gasteiger partial charge in [-0.2, -0.15) is 0 Å². The minimum absolute atomic E-state index is 0.403. The molecule has 0 aromatic heterocycles. The zero-order valence-electron chi connectivity index (χ0n) is 6.83. The van der Waals surface area contributed by atoms with Crippen LogP contribution in [-0.2, 0) is 19.0 Å². The zero-order valence-corrected chi connectivity index (χ0v) is 6.83. The number of carbonyl (C=O) groups is 1. The third-order valence-electron chi connectivity index (χ3n) is 0.971. The predicted octanol–water partition coefficient (Wildman–Crippen LogP) is 0.720. The summed E-state index contributed by atoms with van der Waals surface area (Å²) >= 11 is 0. The van der Waals surface area contributed by atoms with E-state index in [4.69, 9.17) is 9.47 Å². The van der Waals surface area contributed by atoms with Crippen LogP contribution < -0.4 is 0 Å². The van der Waals surface area contributed by atoms with Crippen LogP contribution in [0.4, 0.5) is 0 Å². The average molecular weight is 161 g/mol. The number of hydrogen-bond donors (Lipinski definition) is 0. The Hall–Kier alpha value is -0.610. The van der Waals surface area contributed by atoms with E-state index in [1.54, 1.807) is 13.8 Å². The van der Waals surface area contributed by atoms with Crippen molar-refractivity contribution in [2.45, 2.75) is 20.1 Å². The molecule has 0 unspecified atom stereocenters. The molecular weight excluding hydrogens is 148 g/mol. The van der Waals surface area contributed by atoms with E-state index in [0.29, 0.717) is 13.2 Å². The maximum absolute atomic E-state index is 10.8. The minimum atomic E-state index is -0.928. The molecule has 0 fully saturated rings. The van der Waals surface area contributed by atoms with Gasteiger partial charge in [0.15, 0.2) is 0 Å². The Labute approximate surface area is 66.4 Å². The van der Waals surface area contributed by atoms with Crippen LogP contribution in [0, 0.1) is 7.11 Å². The molecule has 0 saturated heterocycles. The molecule has 0 saturated carbocycles. The molecule has 0 rings (SSSR count). The second kappa shape index (κ2) is 6.12. The van der Waals surface area contributed by atoms with Crippen LogP contribution in [0.3, 0.4) is 0 Å². The molecule has 0 N–H and O–H groups in total. The van der Waals surface area contributed by atoms with Gasteiger partial charge in [-0.15, -0.1) is 0 Å². The van der Waals surface area contributed by atoms with Crippen LogP contribution in [-0.4, -0.2) is 25.5 Å². The molecule has 65 valence electrons. The number of rotatable bonds is 5. The highest BCUT2D eigenvalue weighted by Gasteiger charge is 2.18. The number of ether oxygens (including phenoxy) is 3. The van der Waals surface area contributed by atoms with Crippen LogP contribution in [0.2, 0.25) is 0 Å². The lowest BCUT2D eigenvalue weighted by molar-refractivity contribution is -0.188. The van der Waals surface area contributed by atoms with E-state index in [9.17, 15) is 4.79 Å². The normalized spacial score (nSPS) is 10.2. The number of carbonyl (C=O) groups excluding carboxylic acids is 1. The van der Waals surface area contributed by atoms with Crippen molar-refractivity contribution in [3.05, 3.63) is 7.11 Å². The molecule has 0 atom stereocenters. The molecule has 1 radical (unpaired) electrons. The Balaban J connectivity index is 3.76. The first-order chi connectivity index (χ1) is 5.26. The summed E-state index contributed by atoms with van der Waals surface area (Å²) in [4.78, 5) is 10.8. The van der Waals surface area contributed by atoms with Crippen molar-refractivity contribution in [1.82, 2.24) is 0 Å². The maximum atomic E-state index is 10.8. The second-order valence-corrected chi connectivity index (χ2v) is 1.71. The smallest absolute Gasteiger partial charge is 0.363 e. The maximum Gasteiger partial charge on any atom is 0.363 e. The van der Waals surface area contributed by atoms with E-state index in [1.807, 2.05) is 0 Å². The molecule has 0 aliphatic heterocycles. The Morgan fingerprint density at radius 3 is 2.09 bits per heavy atom. The summed E-state index contributed by atoms with van der Waals surface area (Å²) in [7, 11) is 2.96. The second-order valence-electron chi connectivity index (χ2n) is 1.71. The molecule has 0 heterocycles. The Morgan fingerprint density at radius 1 is 1.36 bits per heavy atom. The first-order valence-corrected chi connectivity index (χ1v) is 3.45. The molecule has 0 aliphatic rings. The van der Waals surface area contributed by atoms with Gasteiger partial charge in [0.05, 0.1) is 0 Å². The van der Waals surface area contributed by atoms with Gasteiger partial charge in [0.1, 0.15) is 7.11 Å². The van der Waals surface area contributed by atoms with Gasteiger partial charge in [-0.1, -0.05) is 0 Å². The summed E-state index contributed by atoms with van der Waals surface area (Å²) in [5.74, 6) is -0.603. The SMILES string of the molecule is [CH2]OC(=O)C(OCC)OCC. The fourth-order valence-electron chi connectivity index (χ4n) is 0.555. The monoisotopic (exact) mass is 161 g/mol. The standard InChI is InChI=1S/C7H13O4/c1-4-10-7(11-5-2)6(8)9-3/h7H,3-5H2,1-2H3. The molecule has 11 heavy (non-hydrogen) atoms. The summed E-state index contributed by atoms with van der Waals surface area (Å²) in [5, 5.41) is 0. The lowest BCUT2D eigenvalue weighted by Crippen LogP contribution is -2.28. The van der Waals surface area contributed by atoms with Crippen molar-refractivity contribution in [1.29, 1.82) is 0 Å². The van der Waals surface area contributed by atoms with Crippen LogP contribution in [0.5, 0.6) is 0 Å². The van der Waals surface area contributed by atoms with Crippen molar-refractivity contribution < 1.29 is 19.0 Å². The van der Waals surface area contributed by atoms with Crippen molar-refractivity contribution in [3.63, 3.8) is 0 Å². The topological polar surface area (TPSA) is 44.8 Å². The van der Waals surface area contributed by atoms with Crippen LogP contribution >= 0.6 is 0 Å². The molecule has 0 amide bonds. The van der Waals surface area contributed by atoms with Gasteiger partial charge in [-0.3, -0.25) is 0 Å². The number of esters is 1. The first kappa shape index (κ1) is 10.4. The fraction of sp³-hybridized carbons (Fsp3) is 0.714. The summed E-state index contributed by atoms with van der Waals surface area (Å²) in [6.07, 6.45) is -0.928. The lowest BCUT2D eigenvalue weighted by Gasteiger charge is -2.13. The van der Waals surface area contributed by atoms with Crippen molar-refractivity contribution in [2.24, 2.45) is 0 Å². The third kappa shape index (κ3) is 3.95. The quantitative estimate of drug-likeness (QED) is 0.440. The molecular formula is C7H13O4. The van der Waals surface area contributed by atoms with Gasteiger partial charge in [-0.05, 0) is 13.8 Å². The van der Waals surface area contributed by atoms with E-state index in [0.717, 1.165) is 0 Å². The Morgan fingerprint density at radius 2 is 1.82 bits per heavy atom. The third-order valence-corrected chi connectivity index (χ3v) is 0.971. The van der Waals surface area contributed by atoms with Crippen LogP contribution in [0.25, 0.3) is 0 Å². The van der Waals surface area contributed by atoms with E-state index in [-0.39, 0.29) is 0 Å². The van der Waals surface area contributed by atoms with E-state index < -0.39 is 12.3 Å². The molecule has 0 bridgehead atoms. The highest BCUT2D eigenvalue weighted by Crippen LogP contribution is 1.97. The molecule has 0 aliphatic carbocycles. The van der Waals surface area contributed by atoms with E-state index in [1.165, 1.54) is 0 Å². The highest BCUT2D eigenvalue weighted by molar-refractivity contribution is 5.73. The molecule has 0 aromatic rings. The average Bonchev–Trinajstić information content (AvgIpc) is 2.03. The predicted molar refractivity (Wildman–Crippen MR) is 38.5 cm³/mol. The first-order valence-electron chi connectivity index (χ1n) is 3.45. The van der Waals surface area contributed by atoms with Gasteiger partial charge in [0.2, 0.25) is 0 Å². The summed E-state index contributed by atoms with van der Waals surface area (Å²) < 4.78 is 14.0. The van der Waals surface area contributed by atoms with E-state index >= 15 is 0 Å². The van der Waals surface area contributed by atoms with Gasteiger partial charge in [0.25, 0.3) is 6.29 Å². The van der Waals surface area contributed by atoms with Gasteiger partial charge >= 0.3 is 5.97 Å². The minimum Gasteiger partial charge on any atom is -0.458 e. The largest absolute Gasteiger partial charge is 0.458 e. The molecule has 4 heteroatoms. The summed E-state index contributed by atoms with van der Waals surface area (Å²) in [5.41, 5.74) is 0. The Kier molecular flexibility index (Phi) is 5.78. The van der Waals surface area contributed by atoms with Crippen molar-refractivity contribution in [2.75, 3.05) is 13.2 Å². The number of hydrogen-bond acceptors (Lipinski definition) is 4. The highest BCUT2D eigenvalue weighted by atomic mass is 16.7. The zero-order chi connectivity index (χ0) is 8.69. The molecule has 0 aromatic carbocycles. The van der Waals surface area contributed by atoms with E-state index in [2.05, 4.69) is 11.8 Å². The van der Waals surface area contributed by atoms with Crippen LogP contribution in [0.15, 0.2) is 0 Å². The van der Waals surface area contributed by atoms with Gasteiger partial charge in [0, 0.05) is 13.2 Å². The van der Waals surface area contributed by atoms with Gasteiger partial charge in [-0.25, -0.2) is 4.79 Å². The Bertz CT molecular complexity index is 107. The van der Waals surface area contributed by atoms with Crippen molar-refractivity contribution in [3.8, 4) is 0 Å². The van der Waals surface area contributed by atoms with Crippen LogP contribution in [0.1, 0.15) is 13.8 Å². The van der Waals surface area contributed by atoms with Gasteiger partial charge < -0.3 is 14.2 Å². The molecule has 0 spiro atoms.